The second kappa shape index (κ2) is 11.9. The smallest absolute Gasteiger partial charge is 0.306 e. The Labute approximate surface area is 159 Å². The summed E-state index contributed by atoms with van der Waals surface area (Å²) in [6, 6.07) is 0. The zero-order chi connectivity index (χ0) is 19.4. The van der Waals surface area contributed by atoms with Gasteiger partial charge in [-0.05, 0) is 55.2 Å². The first-order chi connectivity index (χ1) is 12.3. The number of hydrogen-bond donors (Lipinski definition) is 0. The molecule has 0 radical (unpaired) electrons. The number of hydrogen-bond acceptors (Lipinski definition) is 3. The van der Waals surface area contributed by atoms with E-state index in [0.29, 0.717) is 13.0 Å². The molecular weight excluding hydrogens is 324 g/mol. The maximum atomic E-state index is 12.1. The SMILES string of the molecule is CCCCCCCC(=O)OC/C1=C\CC(C)(C)/C=C/C(=O)/C(C)=C/CC1. The molecule has 0 atom stereocenters. The van der Waals surface area contributed by atoms with Crippen molar-refractivity contribution in [2.45, 2.75) is 85.5 Å². The molecule has 1 rings (SSSR count). The molecule has 0 bridgehead atoms. The van der Waals surface area contributed by atoms with Crippen LogP contribution < -0.4 is 0 Å². The second-order valence-corrected chi connectivity index (χ2v) is 8.00. The van der Waals surface area contributed by atoms with Gasteiger partial charge in [0.05, 0.1) is 0 Å². The fourth-order valence-electron chi connectivity index (χ4n) is 2.83. The molecule has 0 aromatic rings. The van der Waals surface area contributed by atoms with Crippen molar-refractivity contribution < 1.29 is 14.3 Å². The van der Waals surface area contributed by atoms with Gasteiger partial charge in [-0.25, -0.2) is 0 Å². The highest BCUT2D eigenvalue weighted by molar-refractivity contribution is 6.03. The lowest BCUT2D eigenvalue weighted by atomic mass is 9.87. The van der Waals surface area contributed by atoms with Gasteiger partial charge in [0.1, 0.15) is 6.61 Å². The van der Waals surface area contributed by atoms with Gasteiger partial charge >= 0.3 is 5.97 Å². The molecule has 1 aliphatic rings. The van der Waals surface area contributed by atoms with Crippen LogP contribution >= 0.6 is 0 Å². The highest BCUT2D eigenvalue weighted by Crippen LogP contribution is 2.25. The van der Waals surface area contributed by atoms with Crippen molar-refractivity contribution in [3.8, 4) is 0 Å². The number of allylic oxidation sites excluding steroid dienone is 5. The summed E-state index contributed by atoms with van der Waals surface area (Å²) in [6.07, 6.45) is 16.5. The Morgan fingerprint density at radius 3 is 2.62 bits per heavy atom. The van der Waals surface area contributed by atoms with Crippen molar-refractivity contribution in [1.82, 2.24) is 0 Å². The van der Waals surface area contributed by atoms with Gasteiger partial charge in [-0.15, -0.1) is 0 Å². The molecule has 0 amide bonds. The average molecular weight is 361 g/mol. The van der Waals surface area contributed by atoms with Crippen LogP contribution in [0.1, 0.15) is 85.5 Å². The zero-order valence-electron chi connectivity index (χ0n) is 17.1. The number of carbonyl (C=O) groups is 2. The van der Waals surface area contributed by atoms with E-state index in [1.54, 1.807) is 6.08 Å². The van der Waals surface area contributed by atoms with Gasteiger partial charge in [-0.1, -0.05) is 64.7 Å². The minimum atomic E-state index is -0.0993. The lowest BCUT2D eigenvalue weighted by Crippen LogP contribution is -2.10. The first kappa shape index (κ1) is 22.4. The van der Waals surface area contributed by atoms with Crippen molar-refractivity contribution in [3.63, 3.8) is 0 Å². The first-order valence-corrected chi connectivity index (χ1v) is 10.1. The molecule has 3 heteroatoms. The Hall–Kier alpha value is -1.64. The number of carbonyl (C=O) groups excluding carboxylic acids is 2. The third-order valence-corrected chi connectivity index (χ3v) is 4.81. The molecule has 0 saturated heterocycles. The highest BCUT2D eigenvalue weighted by atomic mass is 16.5. The number of ketones is 1. The summed E-state index contributed by atoms with van der Waals surface area (Å²) in [4.78, 5) is 24.0. The van der Waals surface area contributed by atoms with Crippen LogP contribution in [0.15, 0.2) is 35.5 Å². The molecule has 0 aromatic heterocycles. The normalized spacial score (nSPS) is 23.2. The van der Waals surface area contributed by atoms with Crippen molar-refractivity contribution in [2.75, 3.05) is 6.61 Å². The molecule has 0 aromatic carbocycles. The standard InChI is InChI=1S/C23H36O3/c1-5-6-7-8-9-13-22(25)26-18-20-12-10-11-19(2)21(24)15-17-23(3,4)16-14-20/h11,14-15,17H,5-10,12-13,16,18H2,1-4H3/b17-15+,19-11+,20-14-. The summed E-state index contributed by atoms with van der Waals surface area (Å²) in [6.45, 7) is 8.65. The van der Waals surface area contributed by atoms with Crippen LogP contribution in [0.5, 0.6) is 0 Å². The number of unbranched alkanes of at least 4 members (excludes halogenated alkanes) is 4. The van der Waals surface area contributed by atoms with E-state index in [-0.39, 0.29) is 17.2 Å². The Bertz CT molecular complexity index is 550. The van der Waals surface area contributed by atoms with Crippen LogP contribution in [0.4, 0.5) is 0 Å². The van der Waals surface area contributed by atoms with E-state index in [9.17, 15) is 9.59 Å². The second-order valence-electron chi connectivity index (χ2n) is 8.00. The van der Waals surface area contributed by atoms with Gasteiger partial charge < -0.3 is 4.74 Å². The predicted octanol–water partition coefficient (Wildman–Crippen LogP) is 6.10. The lowest BCUT2D eigenvalue weighted by Gasteiger charge is -2.18. The molecular formula is C23H36O3. The average Bonchev–Trinajstić information content (AvgIpc) is 2.62. The minimum absolute atomic E-state index is 0.0797. The molecule has 3 nitrogen and oxygen atoms in total. The molecule has 1 aliphatic carbocycles. The molecule has 0 N–H and O–H groups in total. The Morgan fingerprint density at radius 2 is 1.88 bits per heavy atom. The van der Waals surface area contributed by atoms with Crippen molar-refractivity contribution >= 4 is 11.8 Å². The zero-order valence-corrected chi connectivity index (χ0v) is 17.1. The molecule has 0 heterocycles. The van der Waals surface area contributed by atoms with Gasteiger partial charge in [-0.2, -0.15) is 0 Å². The predicted molar refractivity (Wildman–Crippen MR) is 108 cm³/mol. The van der Waals surface area contributed by atoms with Crippen LogP contribution in [-0.2, 0) is 14.3 Å². The van der Waals surface area contributed by atoms with E-state index in [2.05, 4.69) is 26.8 Å². The van der Waals surface area contributed by atoms with Gasteiger partial charge in [0.25, 0.3) is 0 Å². The molecule has 0 fully saturated rings. The molecule has 0 saturated carbocycles. The summed E-state index contributed by atoms with van der Waals surface area (Å²) in [5, 5.41) is 0. The maximum Gasteiger partial charge on any atom is 0.306 e. The Kier molecular flexibility index (Phi) is 10.2. The van der Waals surface area contributed by atoms with Gasteiger partial charge in [0.15, 0.2) is 5.78 Å². The van der Waals surface area contributed by atoms with Gasteiger partial charge in [-0.3, -0.25) is 9.59 Å². The molecule has 0 spiro atoms. The number of rotatable bonds is 8. The Balaban J connectivity index is 2.55. The Morgan fingerprint density at radius 1 is 1.15 bits per heavy atom. The summed E-state index contributed by atoms with van der Waals surface area (Å²) in [5.74, 6) is -0.0196. The van der Waals surface area contributed by atoms with Crippen LogP contribution in [0.25, 0.3) is 0 Å². The minimum Gasteiger partial charge on any atom is -0.461 e. The van der Waals surface area contributed by atoms with Crippen LogP contribution in [-0.4, -0.2) is 18.4 Å². The topological polar surface area (TPSA) is 43.4 Å². The maximum absolute atomic E-state index is 12.1. The summed E-state index contributed by atoms with van der Waals surface area (Å²) in [7, 11) is 0. The van der Waals surface area contributed by atoms with E-state index in [1.165, 1.54) is 19.3 Å². The van der Waals surface area contributed by atoms with Gasteiger partial charge in [0.2, 0.25) is 0 Å². The van der Waals surface area contributed by atoms with Crippen LogP contribution in [0.3, 0.4) is 0 Å². The van der Waals surface area contributed by atoms with Gasteiger partial charge in [0, 0.05) is 6.42 Å². The quantitative estimate of drug-likeness (QED) is 0.298. The summed E-state index contributed by atoms with van der Waals surface area (Å²) < 4.78 is 5.49. The van der Waals surface area contributed by atoms with E-state index in [0.717, 1.165) is 43.3 Å². The van der Waals surface area contributed by atoms with Crippen LogP contribution in [0, 0.1) is 5.41 Å². The van der Waals surface area contributed by atoms with E-state index in [1.807, 2.05) is 19.1 Å². The monoisotopic (exact) mass is 360 g/mol. The summed E-state index contributed by atoms with van der Waals surface area (Å²) >= 11 is 0. The van der Waals surface area contributed by atoms with Crippen molar-refractivity contribution in [3.05, 3.63) is 35.5 Å². The lowest BCUT2D eigenvalue weighted by molar-refractivity contribution is -0.142. The first-order valence-electron chi connectivity index (χ1n) is 10.1. The molecule has 0 aliphatic heterocycles. The molecule has 0 unspecified atom stereocenters. The fraction of sp³-hybridized carbons (Fsp3) is 0.652. The van der Waals surface area contributed by atoms with E-state index < -0.39 is 0 Å². The molecule has 146 valence electrons. The number of esters is 1. The largest absolute Gasteiger partial charge is 0.461 e. The fourth-order valence-corrected chi connectivity index (χ4v) is 2.83. The third-order valence-electron chi connectivity index (χ3n) is 4.81. The van der Waals surface area contributed by atoms with Crippen molar-refractivity contribution in [1.29, 1.82) is 0 Å². The van der Waals surface area contributed by atoms with Crippen molar-refractivity contribution in [2.24, 2.45) is 5.41 Å². The third kappa shape index (κ3) is 9.74. The van der Waals surface area contributed by atoms with E-state index >= 15 is 0 Å². The molecule has 26 heavy (non-hydrogen) atoms. The van der Waals surface area contributed by atoms with E-state index in [4.69, 9.17) is 4.74 Å². The highest BCUT2D eigenvalue weighted by Gasteiger charge is 2.15. The summed E-state index contributed by atoms with van der Waals surface area (Å²) in [5.41, 5.74) is 1.83. The number of ether oxygens (including phenoxy) is 1. The van der Waals surface area contributed by atoms with Crippen LogP contribution in [0.2, 0.25) is 0 Å².